The number of aliphatic hydroxyl groups excluding tert-OH is 1. The maximum absolute atomic E-state index is 9.95. The van der Waals surface area contributed by atoms with Gasteiger partial charge in [-0.1, -0.05) is 0 Å². The molecular formula is C12H18N2OS. The summed E-state index contributed by atoms with van der Waals surface area (Å²) in [6.07, 6.45) is 5.53. The second-order valence-corrected chi connectivity index (χ2v) is 5.27. The van der Waals surface area contributed by atoms with Crippen LogP contribution in [0.25, 0.3) is 0 Å². The Bertz CT molecular complexity index is 301. The van der Waals surface area contributed by atoms with E-state index in [0.29, 0.717) is 12.6 Å². The molecule has 2 N–H and O–H groups in total. The highest BCUT2D eigenvalue weighted by molar-refractivity contribution is 7.99. The molecule has 1 fully saturated rings. The monoisotopic (exact) mass is 238 g/mol. The molecule has 16 heavy (non-hydrogen) atoms. The normalized spacial score (nSPS) is 22.9. The van der Waals surface area contributed by atoms with Gasteiger partial charge in [-0.15, -0.1) is 0 Å². The molecule has 1 aromatic rings. The number of nitrogens with zero attached hydrogens (tertiary/aromatic N) is 1. The molecule has 88 valence electrons. The van der Waals surface area contributed by atoms with Crippen LogP contribution < -0.4 is 5.32 Å². The van der Waals surface area contributed by atoms with E-state index < -0.39 is 6.10 Å². The van der Waals surface area contributed by atoms with Gasteiger partial charge in [0, 0.05) is 30.7 Å². The van der Waals surface area contributed by atoms with Crippen LogP contribution in [0.15, 0.2) is 24.5 Å². The van der Waals surface area contributed by atoms with Gasteiger partial charge in [0.1, 0.15) is 0 Å². The summed E-state index contributed by atoms with van der Waals surface area (Å²) in [4.78, 5) is 3.94. The molecule has 1 aliphatic heterocycles. The highest BCUT2D eigenvalue weighted by Crippen LogP contribution is 2.18. The zero-order valence-corrected chi connectivity index (χ0v) is 10.1. The van der Waals surface area contributed by atoms with Crippen LogP contribution in [0.4, 0.5) is 0 Å². The summed E-state index contributed by atoms with van der Waals surface area (Å²) in [6, 6.07) is 4.29. The van der Waals surface area contributed by atoms with Gasteiger partial charge < -0.3 is 10.4 Å². The van der Waals surface area contributed by atoms with Crippen molar-refractivity contribution >= 4 is 11.8 Å². The minimum atomic E-state index is -0.421. The SMILES string of the molecule is O[C@H](CN[C@@H]1CCCSC1)c1ccncc1. The second kappa shape index (κ2) is 6.23. The summed E-state index contributed by atoms with van der Waals surface area (Å²) in [5.74, 6) is 2.45. The van der Waals surface area contributed by atoms with E-state index in [-0.39, 0.29) is 0 Å². The third kappa shape index (κ3) is 3.47. The molecule has 0 spiro atoms. The Labute approximate surface area is 101 Å². The van der Waals surface area contributed by atoms with Crippen molar-refractivity contribution in [1.29, 1.82) is 0 Å². The lowest BCUT2D eigenvalue weighted by Gasteiger charge is -2.24. The van der Waals surface area contributed by atoms with E-state index in [4.69, 9.17) is 0 Å². The van der Waals surface area contributed by atoms with E-state index in [0.717, 1.165) is 5.56 Å². The standard InChI is InChI=1S/C12H18N2OS/c15-12(10-3-5-13-6-4-10)8-14-11-2-1-7-16-9-11/h3-6,11-12,14-15H,1-2,7-9H2/t11-,12-/m1/s1. The van der Waals surface area contributed by atoms with Crippen molar-refractivity contribution in [3.63, 3.8) is 0 Å². The molecule has 0 unspecified atom stereocenters. The molecule has 0 amide bonds. The van der Waals surface area contributed by atoms with Crippen molar-refractivity contribution in [2.24, 2.45) is 0 Å². The van der Waals surface area contributed by atoms with Crippen LogP contribution in [-0.4, -0.2) is 34.2 Å². The second-order valence-electron chi connectivity index (χ2n) is 4.12. The summed E-state index contributed by atoms with van der Waals surface area (Å²) in [6.45, 7) is 0.634. The Balaban J connectivity index is 1.77. The van der Waals surface area contributed by atoms with E-state index in [1.165, 1.54) is 24.3 Å². The molecule has 1 saturated heterocycles. The summed E-state index contributed by atoms with van der Waals surface area (Å²) < 4.78 is 0. The summed E-state index contributed by atoms with van der Waals surface area (Å²) in [7, 11) is 0. The molecule has 2 heterocycles. The fraction of sp³-hybridized carbons (Fsp3) is 0.583. The van der Waals surface area contributed by atoms with Crippen molar-refractivity contribution in [3.8, 4) is 0 Å². The smallest absolute Gasteiger partial charge is 0.0915 e. The molecule has 0 saturated carbocycles. The van der Waals surface area contributed by atoms with Gasteiger partial charge in [0.25, 0.3) is 0 Å². The van der Waals surface area contributed by atoms with Gasteiger partial charge in [0.2, 0.25) is 0 Å². The first-order chi connectivity index (χ1) is 7.86. The van der Waals surface area contributed by atoms with Crippen molar-refractivity contribution in [2.45, 2.75) is 25.0 Å². The Kier molecular flexibility index (Phi) is 4.63. The van der Waals surface area contributed by atoms with Crippen LogP contribution in [0, 0.1) is 0 Å². The number of nitrogens with one attached hydrogen (secondary N) is 1. The van der Waals surface area contributed by atoms with Crippen molar-refractivity contribution in [2.75, 3.05) is 18.1 Å². The summed E-state index contributed by atoms with van der Waals surface area (Å²) in [5.41, 5.74) is 0.936. The molecule has 0 aliphatic carbocycles. The molecule has 1 aromatic heterocycles. The lowest BCUT2D eigenvalue weighted by atomic mass is 10.1. The number of hydrogen-bond donors (Lipinski definition) is 2. The third-order valence-corrected chi connectivity index (χ3v) is 4.07. The Morgan fingerprint density at radius 3 is 3.00 bits per heavy atom. The van der Waals surface area contributed by atoms with Crippen molar-refractivity contribution < 1.29 is 5.11 Å². The number of hydrogen-bond acceptors (Lipinski definition) is 4. The average molecular weight is 238 g/mol. The zero-order chi connectivity index (χ0) is 11.2. The lowest BCUT2D eigenvalue weighted by molar-refractivity contribution is 0.170. The minimum Gasteiger partial charge on any atom is -0.387 e. The highest BCUT2D eigenvalue weighted by Gasteiger charge is 2.15. The van der Waals surface area contributed by atoms with E-state index in [9.17, 15) is 5.11 Å². The molecule has 3 nitrogen and oxygen atoms in total. The summed E-state index contributed by atoms with van der Waals surface area (Å²) in [5, 5.41) is 13.4. The van der Waals surface area contributed by atoms with Crippen LogP contribution in [0.3, 0.4) is 0 Å². The van der Waals surface area contributed by atoms with Gasteiger partial charge in [-0.25, -0.2) is 0 Å². The number of pyridine rings is 1. The van der Waals surface area contributed by atoms with Crippen LogP contribution in [-0.2, 0) is 0 Å². The van der Waals surface area contributed by atoms with Gasteiger partial charge in [0.05, 0.1) is 6.10 Å². The number of rotatable bonds is 4. The van der Waals surface area contributed by atoms with Gasteiger partial charge in [-0.05, 0) is 36.3 Å². The minimum absolute atomic E-state index is 0.421. The Morgan fingerprint density at radius 1 is 1.50 bits per heavy atom. The molecule has 0 bridgehead atoms. The molecule has 0 radical (unpaired) electrons. The predicted octanol–water partition coefficient (Wildman–Crippen LogP) is 1.60. The van der Waals surface area contributed by atoms with Crippen LogP contribution >= 0.6 is 11.8 Å². The molecular weight excluding hydrogens is 220 g/mol. The molecule has 2 atom stereocenters. The maximum Gasteiger partial charge on any atom is 0.0915 e. The fourth-order valence-electron chi connectivity index (χ4n) is 1.88. The molecule has 2 rings (SSSR count). The quantitative estimate of drug-likeness (QED) is 0.836. The van der Waals surface area contributed by atoms with E-state index >= 15 is 0 Å². The Hall–Kier alpha value is -0.580. The zero-order valence-electron chi connectivity index (χ0n) is 9.30. The third-order valence-electron chi connectivity index (χ3n) is 2.85. The van der Waals surface area contributed by atoms with Crippen LogP contribution in [0.2, 0.25) is 0 Å². The van der Waals surface area contributed by atoms with Crippen molar-refractivity contribution in [3.05, 3.63) is 30.1 Å². The van der Waals surface area contributed by atoms with E-state index in [1.54, 1.807) is 12.4 Å². The van der Waals surface area contributed by atoms with E-state index in [1.807, 2.05) is 23.9 Å². The number of aromatic nitrogens is 1. The first kappa shape index (κ1) is 11.9. The number of aliphatic hydroxyl groups is 1. The van der Waals surface area contributed by atoms with Gasteiger partial charge >= 0.3 is 0 Å². The highest BCUT2D eigenvalue weighted by atomic mass is 32.2. The Morgan fingerprint density at radius 2 is 2.31 bits per heavy atom. The summed E-state index contributed by atoms with van der Waals surface area (Å²) >= 11 is 2.00. The first-order valence-electron chi connectivity index (χ1n) is 5.75. The van der Waals surface area contributed by atoms with Crippen LogP contribution in [0.1, 0.15) is 24.5 Å². The first-order valence-corrected chi connectivity index (χ1v) is 6.91. The van der Waals surface area contributed by atoms with Gasteiger partial charge in [-0.3, -0.25) is 4.98 Å². The van der Waals surface area contributed by atoms with Gasteiger partial charge in [0.15, 0.2) is 0 Å². The molecule has 0 aromatic carbocycles. The number of thioether (sulfide) groups is 1. The fourth-order valence-corrected chi connectivity index (χ4v) is 2.99. The molecule has 1 aliphatic rings. The van der Waals surface area contributed by atoms with Crippen molar-refractivity contribution in [1.82, 2.24) is 10.3 Å². The van der Waals surface area contributed by atoms with Crippen LogP contribution in [0.5, 0.6) is 0 Å². The topological polar surface area (TPSA) is 45.1 Å². The van der Waals surface area contributed by atoms with E-state index in [2.05, 4.69) is 10.3 Å². The lowest BCUT2D eigenvalue weighted by Crippen LogP contribution is -2.36. The molecule has 4 heteroatoms. The maximum atomic E-state index is 9.95. The van der Waals surface area contributed by atoms with Gasteiger partial charge in [-0.2, -0.15) is 11.8 Å². The predicted molar refractivity (Wildman–Crippen MR) is 67.5 cm³/mol. The largest absolute Gasteiger partial charge is 0.387 e. The average Bonchev–Trinajstić information content (AvgIpc) is 2.38.